The Morgan fingerprint density at radius 3 is 2.45 bits per heavy atom. The summed E-state index contributed by atoms with van der Waals surface area (Å²) in [7, 11) is 0. The molecule has 0 aliphatic heterocycles. The van der Waals surface area contributed by atoms with E-state index in [4.69, 9.17) is 4.74 Å². The first kappa shape index (κ1) is 20.4. The largest absolute Gasteiger partial charge is 0.492 e. The fourth-order valence-corrected chi connectivity index (χ4v) is 2.84. The summed E-state index contributed by atoms with van der Waals surface area (Å²) in [5.41, 5.74) is 2.44. The maximum atomic E-state index is 12.7. The van der Waals surface area contributed by atoms with E-state index in [0.29, 0.717) is 5.56 Å². The lowest BCUT2D eigenvalue weighted by Crippen LogP contribution is -2.28. The number of halogens is 3. The molecule has 0 aliphatic carbocycles. The van der Waals surface area contributed by atoms with Crippen molar-refractivity contribution in [2.24, 2.45) is 0 Å². The molecule has 0 aliphatic rings. The molecule has 0 saturated heterocycles. The van der Waals surface area contributed by atoms with Gasteiger partial charge in [-0.2, -0.15) is 18.3 Å². The lowest BCUT2D eigenvalue weighted by molar-refractivity contribution is -0.137. The molecule has 5 nitrogen and oxygen atoms in total. The molecule has 152 valence electrons. The van der Waals surface area contributed by atoms with Gasteiger partial charge in [0.2, 0.25) is 0 Å². The first-order valence-electron chi connectivity index (χ1n) is 8.96. The van der Waals surface area contributed by atoms with Crippen LogP contribution >= 0.6 is 0 Å². The van der Waals surface area contributed by atoms with Crippen LogP contribution in [0.5, 0.6) is 5.75 Å². The second kappa shape index (κ2) is 8.38. The van der Waals surface area contributed by atoms with Crippen molar-refractivity contribution in [3.05, 3.63) is 77.1 Å². The molecule has 1 N–H and O–H groups in total. The van der Waals surface area contributed by atoms with Gasteiger partial charge in [-0.1, -0.05) is 6.07 Å². The summed E-state index contributed by atoms with van der Waals surface area (Å²) in [4.78, 5) is 12.2. The molecule has 0 fully saturated rings. The Morgan fingerprint density at radius 1 is 1.10 bits per heavy atom. The van der Waals surface area contributed by atoms with Crippen molar-refractivity contribution in [3.63, 3.8) is 0 Å². The van der Waals surface area contributed by atoms with Crippen LogP contribution in [0.1, 0.15) is 27.3 Å². The van der Waals surface area contributed by atoms with E-state index in [2.05, 4.69) is 10.4 Å². The van der Waals surface area contributed by atoms with Gasteiger partial charge in [-0.25, -0.2) is 4.68 Å². The van der Waals surface area contributed by atoms with E-state index in [1.807, 2.05) is 19.9 Å². The molecule has 3 rings (SSSR count). The van der Waals surface area contributed by atoms with Gasteiger partial charge in [0.05, 0.1) is 23.5 Å². The molecular formula is C21H20F3N3O2. The highest BCUT2D eigenvalue weighted by molar-refractivity contribution is 5.94. The summed E-state index contributed by atoms with van der Waals surface area (Å²) in [5.74, 6) is -0.194. The summed E-state index contributed by atoms with van der Waals surface area (Å²) < 4.78 is 45.2. The fourth-order valence-electron chi connectivity index (χ4n) is 2.84. The normalized spacial score (nSPS) is 11.3. The van der Waals surface area contributed by atoms with Gasteiger partial charge < -0.3 is 10.1 Å². The number of hydrogen-bond donors (Lipinski definition) is 1. The number of benzene rings is 2. The number of ether oxygens (including phenoxy) is 1. The molecule has 1 heterocycles. The number of hydrogen-bond acceptors (Lipinski definition) is 3. The molecule has 29 heavy (non-hydrogen) atoms. The molecular weight excluding hydrogens is 383 g/mol. The Hall–Kier alpha value is -3.29. The highest BCUT2D eigenvalue weighted by Crippen LogP contribution is 2.31. The van der Waals surface area contributed by atoms with Gasteiger partial charge in [-0.15, -0.1) is 0 Å². The van der Waals surface area contributed by atoms with Crippen LogP contribution in [0.2, 0.25) is 0 Å². The molecule has 3 aromatic rings. The summed E-state index contributed by atoms with van der Waals surface area (Å²) in [6.45, 7) is 4.07. The molecule has 0 bridgehead atoms. The smallest absolute Gasteiger partial charge is 0.416 e. The molecule has 0 radical (unpaired) electrons. The fraction of sp³-hybridized carbons (Fsp3) is 0.238. The third-order valence-corrected chi connectivity index (χ3v) is 4.20. The average Bonchev–Trinajstić information content (AvgIpc) is 3.03. The van der Waals surface area contributed by atoms with Crippen molar-refractivity contribution in [1.82, 2.24) is 15.1 Å². The van der Waals surface area contributed by atoms with E-state index in [-0.39, 0.29) is 24.8 Å². The lowest BCUT2D eigenvalue weighted by Gasteiger charge is -2.11. The molecule has 1 aromatic heterocycles. The molecule has 0 atom stereocenters. The van der Waals surface area contributed by atoms with Crippen molar-refractivity contribution >= 4 is 5.91 Å². The molecule has 0 spiro atoms. The summed E-state index contributed by atoms with van der Waals surface area (Å²) in [6.07, 6.45) is -4.42. The van der Waals surface area contributed by atoms with E-state index < -0.39 is 11.7 Å². The molecule has 1 amide bonds. The van der Waals surface area contributed by atoms with Gasteiger partial charge in [0.25, 0.3) is 5.91 Å². The van der Waals surface area contributed by atoms with Crippen LogP contribution in [0.3, 0.4) is 0 Å². The van der Waals surface area contributed by atoms with Crippen LogP contribution in [0.25, 0.3) is 5.69 Å². The van der Waals surface area contributed by atoms with E-state index in [9.17, 15) is 18.0 Å². The highest BCUT2D eigenvalue weighted by atomic mass is 19.4. The van der Waals surface area contributed by atoms with Crippen LogP contribution in [0.15, 0.2) is 54.6 Å². The van der Waals surface area contributed by atoms with Crippen molar-refractivity contribution in [2.45, 2.75) is 20.0 Å². The standard InChI is InChI=1S/C21H20F3N3O2/c1-14-12-15(2)27(26-14)18-8-6-16(7-9-18)20(28)25-10-11-29-19-5-3-4-17(13-19)21(22,23)24/h3-9,12-13H,10-11H2,1-2H3,(H,25,28). The Labute approximate surface area is 166 Å². The van der Waals surface area contributed by atoms with Crippen molar-refractivity contribution < 1.29 is 22.7 Å². The van der Waals surface area contributed by atoms with Gasteiger partial charge in [-0.05, 0) is 62.4 Å². The number of rotatable bonds is 6. The third-order valence-electron chi connectivity index (χ3n) is 4.20. The predicted molar refractivity (Wildman–Crippen MR) is 102 cm³/mol. The van der Waals surface area contributed by atoms with E-state index in [1.165, 1.54) is 12.1 Å². The maximum absolute atomic E-state index is 12.7. The Kier molecular flexibility index (Phi) is 5.91. The van der Waals surface area contributed by atoms with E-state index in [0.717, 1.165) is 29.2 Å². The summed E-state index contributed by atoms with van der Waals surface area (Å²) >= 11 is 0. The SMILES string of the molecule is Cc1cc(C)n(-c2ccc(C(=O)NCCOc3cccc(C(F)(F)F)c3)cc2)n1. The Balaban J connectivity index is 1.52. The van der Waals surface area contributed by atoms with Crippen molar-refractivity contribution in [3.8, 4) is 11.4 Å². The number of nitrogens with one attached hydrogen (secondary N) is 1. The minimum absolute atomic E-state index is 0.0525. The van der Waals surface area contributed by atoms with Crippen LogP contribution in [0.4, 0.5) is 13.2 Å². The summed E-state index contributed by atoms with van der Waals surface area (Å²) in [5, 5.41) is 7.08. The quantitative estimate of drug-likeness (QED) is 0.624. The number of alkyl halides is 3. The zero-order chi connectivity index (χ0) is 21.0. The van der Waals surface area contributed by atoms with Gasteiger partial charge in [0.15, 0.2) is 0 Å². The van der Waals surface area contributed by atoms with Crippen LogP contribution < -0.4 is 10.1 Å². The van der Waals surface area contributed by atoms with Crippen LogP contribution in [-0.2, 0) is 6.18 Å². The summed E-state index contributed by atoms with van der Waals surface area (Å²) in [6, 6.07) is 13.6. The monoisotopic (exact) mass is 403 g/mol. The Morgan fingerprint density at radius 2 is 1.83 bits per heavy atom. The topological polar surface area (TPSA) is 56.2 Å². The average molecular weight is 403 g/mol. The second-order valence-corrected chi connectivity index (χ2v) is 6.52. The number of amides is 1. The molecule has 0 unspecified atom stereocenters. The Bertz CT molecular complexity index is 995. The maximum Gasteiger partial charge on any atom is 0.416 e. The van der Waals surface area contributed by atoms with Crippen LogP contribution in [-0.4, -0.2) is 28.8 Å². The zero-order valence-corrected chi connectivity index (χ0v) is 16.0. The molecule has 0 saturated carbocycles. The zero-order valence-electron chi connectivity index (χ0n) is 16.0. The molecule has 8 heteroatoms. The van der Waals surface area contributed by atoms with Gasteiger partial charge >= 0.3 is 6.18 Å². The minimum atomic E-state index is -4.42. The van der Waals surface area contributed by atoms with E-state index >= 15 is 0 Å². The first-order valence-corrected chi connectivity index (χ1v) is 8.96. The molecule has 2 aromatic carbocycles. The number of nitrogens with zero attached hydrogens (tertiary/aromatic N) is 2. The highest BCUT2D eigenvalue weighted by Gasteiger charge is 2.30. The van der Waals surface area contributed by atoms with Crippen molar-refractivity contribution in [2.75, 3.05) is 13.2 Å². The number of carbonyl (C=O) groups excluding carboxylic acids is 1. The van der Waals surface area contributed by atoms with Gasteiger partial charge in [0.1, 0.15) is 12.4 Å². The predicted octanol–water partition coefficient (Wildman–Crippen LogP) is 4.32. The third kappa shape index (κ3) is 5.16. The van der Waals surface area contributed by atoms with Crippen LogP contribution in [0, 0.1) is 13.8 Å². The van der Waals surface area contributed by atoms with Gasteiger partial charge in [-0.3, -0.25) is 4.79 Å². The van der Waals surface area contributed by atoms with E-state index in [1.54, 1.807) is 28.9 Å². The number of aromatic nitrogens is 2. The number of carbonyl (C=O) groups is 1. The lowest BCUT2D eigenvalue weighted by atomic mass is 10.2. The second-order valence-electron chi connectivity index (χ2n) is 6.52. The minimum Gasteiger partial charge on any atom is -0.492 e. The number of aryl methyl sites for hydroxylation is 2. The van der Waals surface area contributed by atoms with Crippen molar-refractivity contribution in [1.29, 1.82) is 0 Å². The van der Waals surface area contributed by atoms with Gasteiger partial charge in [0, 0.05) is 11.3 Å². The first-order chi connectivity index (χ1) is 13.7.